The molecule has 1 aliphatic rings. The average Bonchev–Trinajstić information content (AvgIpc) is 2.31. The number of rotatable bonds is 2. The van der Waals surface area contributed by atoms with Gasteiger partial charge in [-0.25, -0.2) is 4.72 Å². The molecule has 2 N–H and O–H groups in total. The van der Waals surface area contributed by atoms with Crippen molar-refractivity contribution in [3.05, 3.63) is 35.9 Å². The molecule has 1 atom stereocenters. The lowest BCUT2D eigenvalue weighted by molar-refractivity contribution is -0.128. The SMILES string of the molecule is O=C1CCCNC1(NS)c1ccccc1. The van der Waals surface area contributed by atoms with Crippen LogP contribution < -0.4 is 10.0 Å². The third-order valence-corrected chi connectivity index (χ3v) is 3.10. The Labute approximate surface area is 94.8 Å². The summed E-state index contributed by atoms with van der Waals surface area (Å²) in [6, 6.07) is 9.64. The number of carbonyl (C=O) groups excluding carboxylic acids is 1. The molecule has 0 spiro atoms. The molecular weight excluding hydrogens is 208 g/mol. The van der Waals surface area contributed by atoms with Crippen LogP contribution in [0.25, 0.3) is 0 Å². The highest BCUT2D eigenvalue weighted by Gasteiger charge is 2.40. The van der Waals surface area contributed by atoms with Crippen molar-refractivity contribution in [1.82, 2.24) is 10.0 Å². The first-order valence-electron chi connectivity index (χ1n) is 5.05. The summed E-state index contributed by atoms with van der Waals surface area (Å²) in [7, 11) is 0. The second-order valence-corrected chi connectivity index (χ2v) is 3.90. The smallest absolute Gasteiger partial charge is 0.173 e. The normalized spacial score (nSPS) is 26.6. The van der Waals surface area contributed by atoms with Crippen LogP contribution in [0.2, 0.25) is 0 Å². The predicted molar refractivity (Wildman–Crippen MR) is 62.5 cm³/mol. The Kier molecular flexibility index (Phi) is 3.09. The monoisotopic (exact) mass is 222 g/mol. The summed E-state index contributed by atoms with van der Waals surface area (Å²) in [5.74, 6) is 0.148. The minimum atomic E-state index is -0.803. The molecule has 1 saturated heterocycles. The van der Waals surface area contributed by atoms with Gasteiger partial charge in [-0.05, 0) is 18.5 Å². The zero-order valence-electron chi connectivity index (χ0n) is 8.36. The van der Waals surface area contributed by atoms with E-state index in [0.29, 0.717) is 6.42 Å². The summed E-state index contributed by atoms with van der Waals surface area (Å²) in [6.07, 6.45) is 1.48. The fourth-order valence-electron chi connectivity index (χ4n) is 1.93. The Hall–Kier alpha value is -0.840. The van der Waals surface area contributed by atoms with Crippen molar-refractivity contribution >= 4 is 18.6 Å². The molecule has 0 bridgehead atoms. The van der Waals surface area contributed by atoms with E-state index in [1.165, 1.54) is 0 Å². The van der Waals surface area contributed by atoms with Gasteiger partial charge in [-0.2, -0.15) is 0 Å². The number of nitrogens with one attached hydrogen (secondary N) is 2. The average molecular weight is 222 g/mol. The molecule has 1 aromatic rings. The Morgan fingerprint density at radius 3 is 2.67 bits per heavy atom. The van der Waals surface area contributed by atoms with E-state index >= 15 is 0 Å². The summed E-state index contributed by atoms with van der Waals surface area (Å²) in [6.45, 7) is 0.828. The van der Waals surface area contributed by atoms with Gasteiger partial charge in [0.05, 0.1) is 0 Å². The number of ketones is 1. The van der Waals surface area contributed by atoms with Crippen molar-refractivity contribution in [3.8, 4) is 0 Å². The number of Topliss-reactive ketones (excluding diaryl/α,β-unsaturated/α-hetero) is 1. The third kappa shape index (κ3) is 1.80. The summed E-state index contributed by atoms with van der Waals surface area (Å²) < 4.78 is 2.82. The lowest BCUT2D eigenvalue weighted by Crippen LogP contribution is -2.59. The quantitative estimate of drug-likeness (QED) is 0.659. The van der Waals surface area contributed by atoms with Crippen LogP contribution in [0.4, 0.5) is 0 Å². The third-order valence-electron chi connectivity index (χ3n) is 2.76. The molecule has 0 radical (unpaired) electrons. The molecule has 1 unspecified atom stereocenters. The maximum Gasteiger partial charge on any atom is 0.173 e. The molecule has 1 fully saturated rings. The molecule has 1 heterocycles. The van der Waals surface area contributed by atoms with Crippen LogP contribution in [0.1, 0.15) is 18.4 Å². The number of piperidine rings is 1. The molecule has 80 valence electrons. The zero-order chi connectivity index (χ0) is 10.7. The van der Waals surface area contributed by atoms with E-state index in [0.717, 1.165) is 18.5 Å². The van der Waals surface area contributed by atoms with Crippen LogP contribution in [0.3, 0.4) is 0 Å². The molecule has 1 aromatic carbocycles. The molecule has 15 heavy (non-hydrogen) atoms. The van der Waals surface area contributed by atoms with Gasteiger partial charge in [-0.3, -0.25) is 10.1 Å². The van der Waals surface area contributed by atoms with Gasteiger partial charge in [0, 0.05) is 6.42 Å². The van der Waals surface area contributed by atoms with Gasteiger partial charge in [0.25, 0.3) is 0 Å². The van der Waals surface area contributed by atoms with Crippen molar-refractivity contribution in [2.45, 2.75) is 18.5 Å². The molecule has 4 heteroatoms. The van der Waals surface area contributed by atoms with Gasteiger partial charge in [0.15, 0.2) is 11.4 Å². The largest absolute Gasteiger partial charge is 0.296 e. The van der Waals surface area contributed by atoms with E-state index in [4.69, 9.17) is 0 Å². The highest BCUT2D eigenvalue weighted by atomic mass is 32.1. The zero-order valence-corrected chi connectivity index (χ0v) is 9.26. The van der Waals surface area contributed by atoms with Crippen LogP contribution in [0.5, 0.6) is 0 Å². The Balaban J connectivity index is 2.40. The number of carbonyl (C=O) groups is 1. The van der Waals surface area contributed by atoms with Crippen LogP contribution in [0.15, 0.2) is 30.3 Å². The van der Waals surface area contributed by atoms with Gasteiger partial charge in [0.1, 0.15) is 0 Å². The van der Waals surface area contributed by atoms with E-state index in [1.54, 1.807) is 0 Å². The Bertz CT molecular complexity index is 355. The first-order valence-corrected chi connectivity index (χ1v) is 5.49. The van der Waals surface area contributed by atoms with Crippen molar-refractivity contribution < 1.29 is 4.79 Å². The maximum atomic E-state index is 12.0. The van der Waals surface area contributed by atoms with Crippen molar-refractivity contribution in [1.29, 1.82) is 0 Å². The van der Waals surface area contributed by atoms with Crippen molar-refractivity contribution in [3.63, 3.8) is 0 Å². The minimum Gasteiger partial charge on any atom is -0.296 e. The summed E-state index contributed by atoms with van der Waals surface area (Å²) in [5, 5.41) is 3.21. The highest BCUT2D eigenvalue weighted by Crippen LogP contribution is 2.25. The maximum absolute atomic E-state index is 12.0. The van der Waals surface area contributed by atoms with E-state index in [1.807, 2.05) is 30.3 Å². The number of benzene rings is 1. The molecule has 3 nitrogen and oxygen atoms in total. The summed E-state index contributed by atoms with van der Waals surface area (Å²) in [4.78, 5) is 12.0. The molecule has 0 aliphatic carbocycles. The van der Waals surface area contributed by atoms with Gasteiger partial charge in [0.2, 0.25) is 0 Å². The molecule has 2 rings (SSSR count). The fraction of sp³-hybridized carbons (Fsp3) is 0.364. The lowest BCUT2D eigenvalue weighted by Gasteiger charge is -2.36. The van der Waals surface area contributed by atoms with Crippen LogP contribution in [0, 0.1) is 0 Å². The van der Waals surface area contributed by atoms with E-state index in [9.17, 15) is 4.79 Å². The second kappa shape index (κ2) is 4.35. The standard InChI is InChI=1S/C11H14N2OS/c14-10-7-4-8-12-11(10,13-15)9-5-2-1-3-6-9/h1-3,5-6,12-13,15H,4,7-8H2. The topological polar surface area (TPSA) is 41.1 Å². The van der Waals surface area contributed by atoms with Crippen LogP contribution >= 0.6 is 12.8 Å². The highest BCUT2D eigenvalue weighted by molar-refractivity contribution is 7.78. The van der Waals surface area contributed by atoms with E-state index < -0.39 is 5.66 Å². The molecule has 0 saturated carbocycles. The number of thiol groups is 1. The predicted octanol–water partition coefficient (Wildman–Crippen LogP) is 1.23. The van der Waals surface area contributed by atoms with Crippen molar-refractivity contribution in [2.24, 2.45) is 0 Å². The van der Waals surface area contributed by atoms with Gasteiger partial charge in [-0.15, -0.1) is 0 Å². The van der Waals surface area contributed by atoms with Gasteiger partial charge in [-0.1, -0.05) is 43.1 Å². The molecule has 0 aromatic heterocycles. The Morgan fingerprint density at radius 2 is 2.07 bits per heavy atom. The van der Waals surface area contributed by atoms with Crippen molar-refractivity contribution in [2.75, 3.05) is 6.54 Å². The molecule has 1 aliphatic heterocycles. The molecule has 0 amide bonds. The lowest BCUT2D eigenvalue weighted by atomic mass is 9.90. The van der Waals surface area contributed by atoms with Gasteiger partial charge < -0.3 is 0 Å². The van der Waals surface area contributed by atoms with E-state index in [2.05, 4.69) is 22.9 Å². The second-order valence-electron chi connectivity index (χ2n) is 3.68. The van der Waals surface area contributed by atoms with E-state index in [-0.39, 0.29) is 5.78 Å². The first-order chi connectivity index (χ1) is 7.29. The summed E-state index contributed by atoms with van der Waals surface area (Å²) >= 11 is 4.09. The number of hydrogen-bond donors (Lipinski definition) is 3. The number of hydrogen-bond acceptors (Lipinski definition) is 4. The first kappa shape index (κ1) is 10.7. The molecular formula is C11H14N2OS. The van der Waals surface area contributed by atoms with Crippen LogP contribution in [-0.2, 0) is 10.5 Å². The fourth-order valence-corrected chi connectivity index (χ4v) is 2.26. The minimum absolute atomic E-state index is 0.148. The Morgan fingerprint density at radius 1 is 1.33 bits per heavy atom. The van der Waals surface area contributed by atoms with Crippen LogP contribution in [-0.4, -0.2) is 12.3 Å². The summed E-state index contributed by atoms with van der Waals surface area (Å²) in [5.41, 5.74) is 0.118. The van der Waals surface area contributed by atoms with Gasteiger partial charge >= 0.3 is 0 Å².